The van der Waals surface area contributed by atoms with E-state index in [4.69, 9.17) is 10.5 Å². The van der Waals surface area contributed by atoms with Crippen molar-refractivity contribution in [2.45, 2.75) is 19.8 Å². The Bertz CT molecular complexity index is 610. The Labute approximate surface area is 121 Å². The highest BCUT2D eigenvalue weighted by molar-refractivity contribution is 7.13. The Morgan fingerprint density at radius 3 is 2.95 bits per heavy atom. The van der Waals surface area contributed by atoms with E-state index < -0.39 is 0 Å². The maximum Gasteiger partial charge on any atom is 0.267 e. The van der Waals surface area contributed by atoms with Crippen LogP contribution in [0.5, 0.6) is 5.75 Å². The van der Waals surface area contributed by atoms with E-state index in [1.54, 1.807) is 31.5 Å². The van der Waals surface area contributed by atoms with Gasteiger partial charge in [0.2, 0.25) is 0 Å². The second-order valence-electron chi connectivity index (χ2n) is 4.28. The molecule has 1 aromatic carbocycles. The van der Waals surface area contributed by atoms with Gasteiger partial charge in [0.1, 0.15) is 10.6 Å². The third-order valence-corrected chi connectivity index (χ3v) is 3.78. The molecule has 0 saturated heterocycles. The molecular weight excluding hydrogens is 274 g/mol. The van der Waals surface area contributed by atoms with E-state index in [9.17, 15) is 4.79 Å². The minimum Gasteiger partial charge on any atom is -0.495 e. The first-order chi connectivity index (χ1) is 9.63. The molecule has 1 heterocycles. The van der Waals surface area contributed by atoms with E-state index in [2.05, 4.69) is 17.2 Å². The van der Waals surface area contributed by atoms with Crippen molar-refractivity contribution in [1.82, 2.24) is 4.98 Å². The zero-order valence-corrected chi connectivity index (χ0v) is 12.3. The number of benzene rings is 1. The monoisotopic (exact) mass is 291 g/mol. The number of carbonyl (C=O) groups excluding carboxylic acids is 1. The number of nitrogens with zero attached hydrogens (tertiary/aromatic N) is 1. The van der Waals surface area contributed by atoms with Crippen LogP contribution in [0.25, 0.3) is 0 Å². The zero-order chi connectivity index (χ0) is 14.5. The Morgan fingerprint density at radius 2 is 2.30 bits per heavy atom. The number of aryl methyl sites for hydroxylation is 1. The average Bonchev–Trinajstić information content (AvgIpc) is 2.88. The summed E-state index contributed by atoms with van der Waals surface area (Å²) in [6.45, 7) is 2.08. The van der Waals surface area contributed by atoms with Gasteiger partial charge in [-0.05, 0) is 31.0 Å². The fourth-order valence-corrected chi connectivity index (χ4v) is 2.66. The number of hydrogen-bond acceptors (Lipinski definition) is 5. The van der Waals surface area contributed by atoms with Gasteiger partial charge >= 0.3 is 0 Å². The van der Waals surface area contributed by atoms with E-state index in [1.165, 1.54) is 11.3 Å². The quantitative estimate of drug-likeness (QED) is 0.830. The van der Waals surface area contributed by atoms with Gasteiger partial charge in [-0.15, -0.1) is 11.3 Å². The van der Waals surface area contributed by atoms with Crippen LogP contribution in [-0.2, 0) is 6.42 Å². The number of nitrogens with two attached hydrogens (primary N) is 1. The first-order valence-corrected chi connectivity index (χ1v) is 7.15. The smallest absolute Gasteiger partial charge is 0.267 e. The number of carbonyl (C=O) groups is 1. The number of thiazole rings is 1. The highest BCUT2D eigenvalue weighted by Crippen LogP contribution is 2.25. The molecule has 5 nitrogen and oxygen atoms in total. The van der Waals surface area contributed by atoms with E-state index in [0.717, 1.165) is 17.8 Å². The van der Waals surface area contributed by atoms with Crippen LogP contribution >= 0.6 is 11.3 Å². The molecule has 2 aromatic rings. The van der Waals surface area contributed by atoms with Gasteiger partial charge in [0.25, 0.3) is 5.91 Å². The Hall–Kier alpha value is -2.08. The maximum absolute atomic E-state index is 12.1. The Kier molecular flexibility index (Phi) is 4.57. The van der Waals surface area contributed by atoms with Crippen molar-refractivity contribution in [3.05, 3.63) is 34.3 Å². The molecule has 0 radical (unpaired) electrons. The standard InChI is InChI=1S/C14H17N3O2S/c1-3-4-13-16-8-12(20-13)14(18)17-9-5-6-11(19-2)10(15)7-9/h5-8H,3-4,15H2,1-2H3,(H,17,18). The van der Waals surface area contributed by atoms with Crippen LogP contribution < -0.4 is 15.8 Å². The maximum atomic E-state index is 12.1. The summed E-state index contributed by atoms with van der Waals surface area (Å²) in [6, 6.07) is 5.14. The molecule has 0 unspecified atom stereocenters. The van der Waals surface area contributed by atoms with Crippen LogP contribution in [0.1, 0.15) is 28.0 Å². The molecule has 0 aliphatic heterocycles. The van der Waals surface area contributed by atoms with Gasteiger partial charge in [-0.3, -0.25) is 4.79 Å². The number of rotatable bonds is 5. The fraction of sp³-hybridized carbons (Fsp3) is 0.286. The summed E-state index contributed by atoms with van der Waals surface area (Å²) in [7, 11) is 1.55. The Morgan fingerprint density at radius 1 is 1.50 bits per heavy atom. The lowest BCUT2D eigenvalue weighted by atomic mass is 10.2. The van der Waals surface area contributed by atoms with Crippen LogP contribution in [0.3, 0.4) is 0 Å². The predicted molar refractivity (Wildman–Crippen MR) is 81.5 cm³/mol. The number of nitrogens with one attached hydrogen (secondary N) is 1. The van der Waals surface area contributed by atoms with Gasteiger partial charge in [0.15, 0.2) is 0 Å². The molecule has 3 N–H and O–H groups in total. The molecule has 6 heteroatoms. The minimum atomic E-state index is -0.172. The van der Waals surface area contributed by atoms with E-state index in [0.29, 0.717) is 22.0 Å². The van der Waals surface area contributed by atoms with Crippen molar-refractivity contribution in [3.63, 3.8) is 0 Å². The molecular formula is C14H17N3O2S. The lowest BCUT2D eigenvalue weighted by Gasteiger charge is -2.07. The number of amides is 1. The van der Waals surface area contributed by atoms with Gasteiger partial charge < -0.3 is 15.8 Å². The van der Waals surface area contributed by atoms with Crippen molar-refractivity contribution < 1.29 is 9.53 Å². The van der Waals surface area contributed by atoms with E-state index in [1.807, 2.05) is 0 Å². The topological polar surface area (TPSA) is 77.2 Å². The van der Waals surface area contributed by atoms with Crippen molar-refractivity contribution >= 4 is 28.6 Å². The molecule has 1 amide bonds. The van der Waals surface area contributed by atoms with Crippen molar-refractivity contribution in [2.75, 3.05) is 18.2 Å². The van der Waals surface area contributed by atoms with Crippen LogP contribution in [0.2, 0.25) is 0 Å². The fourth-order valence-electron chi connectivity index (χ4n) is 1.75. The lowest BCUT2D eigenvalue weighted by molar-refractivity contribution is 0.103. The van der Waals surface area contributed by atoms with Crippen molar-refractivity contribution in [2.24, 2.45) is 0 Å². The van der Waals surface area contributed by atoms with Gasteiger partial charge in [-0.2, -0.15) is 0 Å². The van der Waals surface area contributed by atoms with Crippen molar-refractivity contribution in [1.29, 1.82) is 0 Å². The number of methoxy groups -OCH3 is 1. The molecule has 0 bridgehead atoms. The van der Waals surface area contributed by atoms with Crippen LogP contribution in [0.15, 0.2) is 24.4 Å². The predicted octanol–water partition coefficient (Wildman–Crippen LogP) is 2.94. The number of ether oxygens (including phenoxy) is 1. The number of nitrogen functional groups attached to an aromatic ring is 1. The average molecular weight is 291 g/mol. The summed E-state index contributed by atoms with van der Waals surface area (Å²) >= 11 is 1.42. The third kappa shape index (κ3) is 3.27. The molecule has 0 spiro atoms. The summed E-state index contributed by atoms with van der Waals surface area (Å²) in [4.78, 5) is 16.9. The van der Waals surface area contributed by atoms with E-state index >= 15 is 0 Å². The molecule has 0 atom stereocenters. The summed E-state index contributed by atoms with van der Waals surface area (Å²) in [5.41, 5.74) is 6.93. The third-order valence-electron chi connectivity index (χ3n) is 2.73. The lowest BCUT2D eigenvalue weighted by Crippen LogP contribution is -2.10. The summed E-state index contributed by atoms with van der Waals surface area (Å²) in [6.07, 6.45) is 3.52. The first kappa shape index (κ1) is 14.3. The molecule has 0 fully saturated rings. The zero-order valence-electron chi connectivity index (χ0n) is 11.5. The van der Waals surface area contributed by atoms with Gasteiger partial charge in [-0.1, -0.05) is 6.92 Å². The van der Waals surface area contributed by atoms with Gasteiger partial charge in [-0.25, -0.2) is 4.98 Å². The van der Waals surface area contributed by atoms with Crippen LogP contribution in [-0.4, -0.2) is 18.0 Å². The molecule has 0 saturated carbocycles. The Balaban J connectivity index is 2.08. The minimum absolute atomic E-state index is 0.172. The highest BCUT2D eigenvalue weighted by Gasteiger charge is 2.11. The first-order valence-electron chi connectivity index (χ1n) is 6.33. The second kappa shape index (κ2) is 6.38. The van der Waals surface area contributed by atoms with Gasteiger partial charge in [0.05, 0.1) is 24.0 Å². The van der Waals surface area contributed by atoms with Crippen LogP contribution in [0.4, 0.5) is 11.4 Å². The normalized spacial score (nSPS) is 10.3. The molecule has 0 aliphatic carbocycles. The summed E-state index contributed by atoms with van der Waals surface area (Å²) in [5.74, 6) is 0.417. The number of hydrogen-bond donors (Lipinski definition) is 2. The largest absolute Gasteiger partial charge is 0.495 e. The van der Waals surface area contributed by atoms with E-state index in [-0.39, 0.29) is 5.91 Å². The molecule has 20 heavy (non-hydrogen) atoms. The number of anilines is 2. The van der Waals surface area contributed by atoms with Crippen molar-refractivity contribution in [3.8, 4) is 5.75 Å². The van der Waals surface area contributed by atoms with Gasteiger partial charge in [0, 0.05) is 5.69 Å². The molecule has 0 aliphatic rings. The number of aromatic nitrogens is 1. The summed E-state index contributed by atoms with van der Waals surface area (Å²) in [5, 5.41) is 3.78. The highest BCUT2D eigenvalue weighted by atomic mass is 32.1. The molecule has 2 rings (SSSR count). The molecule has 106 valence electrons. The second-order valence-corrected chi connectivity index (χ2v) is 5.39. The SMILES string of the molecule is CCCc1ncc(C(=O)Nc2ccc(OC)c(N)c2)s1. The summed E-state index contributed by atoms with van der Waals surface area (Å²) < 4.78 is 5.07. The van der Waals surface area contributed by atoms with Crippen LogP contribution in [0, 0.1) is 0 Å². The molecule has 1 aromatic heterocycles.